The molecule has 186 valence electrons. The third kappa shape index (κ3) is 6.43. The molecule has 6 heteroatoms. The molecule has 6 nitrogen and oxygen atoms in total. The molecule has 0 heterocycles. The Morgan fingerprint density at radius 1 is 1.29 bits per heavy atom. The quantitative estimate of drug-likeness (QED) is 0.203. The first-order valence-electron chi connectivity index (χ1n) is 12.1. The number of ether oxygens (including phenoxy) is 1. The van der Waals surface area contributed by atoms with E-state index in [2.05, 4.69) is 33.4 Å². The lowest BCUT2D eigenvalue weighted by Gasteiger charge is -2.48. The summed E-state index contributed by atoms with van der Waals surface area (Å²) in [5.74, 6) is -2.26. The fourth-order valence-corrected chi connectivity index (χ4v) is 5.32. The van der Waals surface area contributed by atoms with Crippen LogP contribution in [-0.4, -0.2) is 35.2 Å². The van der Waals surface area contributed by atoms with E-state index in [4.69, 9.17) is 4.74 Å². The number of hydrogen-bond donors (Lipinski definition) is 1. The van der Waals surface area contributed by atoms with Gasteiger partial charge in [-0.25, -0.2) is 4.79 Å². The van der Waals surface area contributed by atoms with Crippen LogP contribution in [0.4, 0.5) is 0 Å². The summed E-state index contributed by atoms with van der Waals surface area (Å²) in [5, 5.41) is 9.82. The second kappa shape index (κ2) is 11.6. The summed E-state index contributed by atoms with van der Waals surface area (Å²) in [7, 11) is 0. The highest BCUT2D eigenvalue weighted by atomic mass is 16.5. The van der Waals surface area contributed by atoms with Crippen molar-refractivity contribution in [2.75, 3.05) is 0 Å². The minimum absolute atomic E-state index is 0.137. The van der Waals surface area contributed by atoms with E-state index in [1.54, 1.807) is 13.0 Å². The third-order valence-corrected chi connectivity index (χ3v) is 7.42. The topological polar surface area (TPSA) is 97.7 Å². The SMILES string of the molecule is C=C(C=O)[C@@H]1C[C@@]2(C)C(=CC1=O)[C@H](OC(=O)/C=C/C(C)=C/C(C)CC(C)CC)CC[C@@H]2C(=O)O. The maximum absolute atomic E-state index is 12.7. The molecule has 2 aliphatic carbocycles. The van der Waals surface area contributed by atoms with E-state index >= 15 is 0 Å². The Hall–Kier alpha value is -2.76. The van der Waals surface area contributed by atoms with Crippen LogP contribution in [0.1, 0.15) is 66.7 Å². The molecule has 2 unspecified atom stereocenters. The minimum Gasteiger partial charge on any atom is -0.481 e. The third-order valence-electron chi connectivity index (χ3n) is 7.42. The molecule has 1 saturated carbocycles. The number of aldehydes is 1. The zero-order valence-corrected chi connectivity index (χ0v) is 21.0. The molecule has 0 saturated heterocycles. The summed E-state index contributed by atoms with van der Waals surface area (Å²) >= 11 is 0. The Morgan fingerprint density at radius 2 is 1.97 bits per heavy atom. The molecule has 0 aromatic carbocycles. The molecule has 2 rings (SSSR count). The van der Waals surface area contributed by atoms with E-state index in [-0.39, 0.29) is 17.8 Å². The lowest BCUT2D eigenvalue weighted by Crippen LogP contribution is -2.49. The van der Waals surface area contributed by atoms with Crippen LogP contribution in [0.25, 0.3) is 0 Å². The van der Waals surface area contributed by atoms with Gasteiger partial charge >= 0.3 is 11.9 Å². The number of carboxylic acid groups (broad SMARTS) is 1. The summed E-state index contributed by atoms with van der Waals surface area (Å²) in [6, 6.07) is 0. The second-order valence-corrected chi connectivity index (χ2v) is 10.2. The molecule has 0 spiro atoms. The van der Waals surface area contributed by atoms with Gasteiger partial charge in [0.05, 0.1) is 11.8 Å². The zero-order valence-electron chi connectivity index (χ0n) is 21.0. The number of hydrogen-bond acceptors (Lipinski definition) is 5. The van der Waals surface area contributed by atoms with Crippen LogP contribution in [0, 0.1) is 29.1 Å². The summed E-state index contributed by atoms with van der Waals surface area (Å²) in [4.78, 5) is 48.5. The molecular formula is C28H38O6. The Morgan fingerprint density at radius 3 is 2.56 bits per heavy atom. The number of allylic oxidation sites excluding steroid dienone is 5. The monoisotopic (exact) mass is 470 g/mol. The van der Waals surface area contributed by atoms with Gasteiger partial charge in [-0.15, -0.1) is 0 Å². The van der Waals surface area contributed by atoms with Gasteiger partial charge in [0.2, 0.25) is 0 Å². The van der Waals surface area contributed by atoms with Crippen LogP contribution >= 0.6 is 0 Å². The van der Waals surface area contributed by atoms with Gasteiger partial charge in [-0.3, -0.25) is 14.4 Å². The van der Waals surface area contributed by atoms with Crippen LogP contribution < -0.4 is 0 Å². The molecule has 0 aliphatic heterocycles. The molecular weight excluding hydrogens is 432 g/mol. The van der Waals surface area contributed by atoms with E-state index < -0.39 is 35.3 Å². The summed E-state index contributed by atoms with van der Waals surface area (Å²) in [6.45, 7) is 13.9. The Bertz CT molecular complexity index is 923. The first-order chi connectivity index (χ1) is 15.9. The van der Waals surface area contributed by atoms with Gasteiger partial charge in [0, 0.05) is 11.5 Å². The predicted molar refractivity (Wildman–Crippen MR) is 131 cm³/mol. The smallest absolute Gasteiger partial charge is 0.331 e. The number of carbonyl (C=O) groups is 4. The average molecular weight is 471 g/mol. The Kier molecular flexibility index (Phi) is 9.37. The number of rotatable bonds is 10. The predicted octanol–water partition coefficient (Wildman–Crippen LogP) is 5.24. The number of esters is 1. The second-order valence-electron chi connectivity index (χ2n) is 10.2. The maximum atomic E-state index is 12.7. The molecule has 0 radical (unpaired) electrons. The molecule has 0 aromatic rings. The van der Waals surface area contributed by atoms with Gasteiger partial charge < -0.3 is 9.84 Å². The largest absolute Gasteiger partial charge is 0.481 e. The summed E-state index contributed by atoms with van der Waals surface area (Å²) in [5.41, 5.74) is 0.707. The van der Waals surface area contributed by atoms with Gasteiger partial charge in [0.25, 0.3) is 0 Å². The van der Waals surface area contributed by atoms with Crippen molar-refractivity contribution in [2.24, 2.45) is 29.1 Å². The van der Waals surface area contributed by atoms with E-state index in [1.807, 2.05) is 6.92 Å². The minimum atomic E-state index is -0.963. The average Bonchev–Trinajstić information content (AvgIpc) is 2.77. The van der Waals surface area contributed by atoms with Crippen LogP contribution in [-0.2, 0) is 23.9 Å². The fourth-order valence-electron chi connectivity index (χ4n) is 5.32. The van der Waals surface area contributed by atoms with Crippen molar-refractivity contribution in [2.45, 2.75) is 72.8 Å². The number of carboxylic acids is 1. The number of fused-ring (bicyclic) bond motifs is 1. The van der Waals surface area contributed by atoms with Crippen LogP contribution in [0.5, 0.6) is 0 Å². The highest BCUT2D eigenvalue weighted by molar-refractivity contribution is 6.00. The lowest BCUT2D eigenvalue weighted by molar-refractivity contribution is -0.152. The normalized spacial score (nSPS) is 29.1. The van der Waals surface area contributed by atoms with Crippen LogP contribution in [0.2, 0.25) is 0 Å². The molecule has 0 aromatic heterocycles. The van der Waals surface area contributed by atoms with E-state index in [1.165, 1.54) is 12.2 Å². The van der Waals surface area contributed by atoms with Crippen LogP contribution in [0.3, 0.4) is 0 Å². The fraction of sp³-hybridized carbons (Fsp3) is 0.571. The first-order valence-corrected chi connectivity index (χ1v) is 12.1. The molecule has 6 atom stereocenters. The molecule has 34 heavy (non-hydrogen) atoms. The van der Waals surface area contributed by atoms with Gasteiger partial charge in [-0.1, -0.05) is 58.4 Å². The van der Waals surface area contributed by atoms with Crippen molar-refractivity contribution in [3.63, 3.8) is 0 Å². The van der Waals surface area contributed by atoms with E-state index in [9.17, 15) is 24.3 Å². The first kappa shape index (κ1) is 27.5. The van der Waals surface area contributed by atoms with Crippen molar-refractivity contribution >= 4 is 24.0 Å². The highest BCUT2D eigenvalue weighted by Gasteiger charge is 2.53. The number of ketones is 1. The zero-order chi connectivity index (χ0) is 25.6. The maximum Gasteiger partial charge on any atom is 0.331 e. The van der Waals surface area contributed by atoms with Gasteiger partial charge in [0.15, 0.2) is 5.78 Å². The standard InChI is InChI=1S/C28H38O6/c1-7-17(2)12-19(4)13-18(3)8-11-26(31)34-25-10-9-22(27(32)33)28(6)15-21(20(5)16-29)24(30)14-23(25)28/h8,11,13-14,16-17,19,21-22,25H,5,7,9-10,12,15H2,1-4,6H3,(H,32,33)/b11-8+,18-13+/t17?,19?,21-,22+,25+,28+/m0/s1. The van der Waals surface area contributed by atoms with Gasteiger partial charge in [-0.05, 0) is 61.7 Å². The highest BCUT2D eigenvalue weighted by Crippen LogP contribution is 2.53. The summed E-state index contributed by atoms with van der Waals surface area (Å²) in [6.07, 6.45) is 9.48. The van der Waals surface area contributed by atoms with Gasteiger partial charge in [-0.2, -0.15) is 0 Å². The van der Waals surface area contributed by atoms with Gasteiger partial charge in [0.1, 0.15) is 12.4 Å². The van der Waals surface area contributed by atoms with E-state index in [0.717, 1.165) is 18.4 Å². The van der Waals surface area contributed by atoms with Crippen molar-refractivity contribution in [1.29, 1.82) is 0 Å². The van der Waals surface area contributed by atoms with Crippen LogP contribution in [0.15, 0.2) is 47.6 Å². The molecule has 2 aliphatic rings. The Labute approximate surface area is 202 Å². The lowest BCUT2D eigenvalue weighted by atomic mass is 9.56. The summed E-state index contributed by atoms with van der Waals surface area (Å²) < 4.78 is 5.70. The van der Waals surface area contributed by atoms with Crippen molar-refractivity contribution in [3.05, 3.63) is 47.6 Å². The number of aliphatic carboxylic acids is 1. The molecule has 0 amide bonds. The molecule has 1 N–H and O–H groups in total. The number of carbonyl (C=O) groups excluding carboxylic acids is 3. The molecule has 0 bridgehead atoms. The van der Waals surface area contributed by atoms with E-state index in [0.29, 0.717) is 36.5 Å². The Balaban J connectivity index is 2.20. The molecule has 1 fully saturated rings. The van der Waals surface area contributed by atoms with Crippen molar-refractivity contribution < 1.29 is 29.0 Å². The van der Waals surface area contributed by atoms with Crippen molar-refractivity contribution in [3.8, 4) is 0 Å². The van der Waals surface area contributed by atoms with Crippen molar-refractivity contribution in [1.82, 2.24) is 0 Å².